The van der Waals surface area contributed by atoms with E-state index >= 15 is 0 Å². The van der Waals surface area contributed by atoms with Crippen molar-refractivity contribution in [2.24, 2.45) is 5.92 Å². The SMILES string of the molecule is CC(CSCc1ccc(-c2ccccc2)cc1)C(=O)O. The van der Waals surface area contributed by atoms with E-state index in [1.54, 1.807) is 18.7 Å². The summed E-state index contributed by atoms with van der Waals surface area (Å²) in [6, 6.07) is 18.7. The summed E-state index contributed by atoms with van der Waals surface area (Å²) < 4.78 is 0. The summed E-state index contributed by atoms with van der Waals surface area (Å²) in [6.45, 7) is 1.74. The first kappa shape index (κ1) is 14.7. The van der Waals surface area contributed by atoms with E-state index < -0.39 is 5.97 Å². The highest BCUT2D eigenvalue weighted by Gasteiger charge is 2.10. The van der Waals surface area contributed by atoms with Gasteiger partial charge in [0.05, 0.1) is 5.92 Å². The van der Waals surface area contributed by atoms with Crippen molar-refractivity contribution in [3.8, 4) is 11.1 Å². The van der Waals surface area contributed by atoms with Gasteiger partial charge in [-0.3, -0.25) is 4.79 Å². The van der Waals surface area contributed by atoms with Crippen LogP contribution in [0.25, 0.3) is 11.1 Å². The van der Waals surface area contributed by atoms with Gasteiger partial charge >= 0.3 is 5.97 Å². The van der Waals surface area contributed by atoms with E-state index in [1.807, 2.05) is 18.2 Å². The van der Waals surface area contributed by atoms with E-state index in [-0.39, 0.29) is 5.92 Å². The first-order valence-corrected chi connectivity index (χ1v) is 7.77. The molecule has 0 aliphatic carbocycles. The molecule has 104 valence electrons. The van der Waals surface area contributed by atoms with Gasteiger partial charge in [-0.25, -0.2) is 0 Å². The molecule has 0 saturated carbocycles. The maximum Gasteiger partial charge on any atom is 0.307 e. The van der Waals surface area contributed by atoms with Crippen LogP contribution in [0.1, 0.15) is 12.5 Å². The highest BCUT2D eigenvalue weighted by molar-refractivity contribution is 7.98. The lowest BCUT2D eigenvalue weighted by Crippen LogP contribution is -2.11. The molecule has 1 N–H and O–H groups in total. The Kier molecular flexibility index (Phi) is 5.24. The van der Waals surface area contributed by atoms with Crippen molar-refractivity contribution < 1.29 is 9.90 Å². The Morgan fingerprint density at radius 1 is 1.05 bits per heavy atom. The molecule has 0 aromatic heterocycles. The predicted molar refractivity (Wildman–Crippen MR) is 84.8 cm³/mol. The first-order valence-electron chi connectivity index (χ1n) is 6.61. The van der Waals surface area contributed by atoms with Crippen LogP contribution in [0.5, 0.6) is 0 Å². The lowest BCUT2D eigenvalue weighted by atomic mass is 10.0. The van der Waals surface area contributed by atoms with E-state index in [9.17, 15) is 4.79 Å². The molecule has 1 unspecified atom stereocenters. The van der Waals surface area contributed by atoms with Crippen molar-refractivity contribution in [2.75, 3.05) is 5.75 Å². The minimum absolute atomic E-state index is 0.288. The molecule has 0 spiro atoms. The number of carboxylic acid groups (broad SMARTS) is 1. The maximum absolute atomic E-state index is 10.7. The van der Waals surface area contributed by atoms with Crippen LogP contribution < -0.4 is 0 Å². The second kappa shape index (κ2) is 7.15. The highest BCUT2D eigenvalue weighted by atomic mass is 32.2. The van der Waals surface area contributed by atoms with Crippen LogP contribution in [0.2, 0.25) is 0 Å². The van der Waals surface area contributed by atoms with Crippen LogP contribution in [-0.4, -0.2) is 16.8 Å². The van der Waals surface area contributed by atoms with Crippen LogP contribution in [0.15, 0.2) is 54.6 Å². The average molecular weight is 286 g/mol. The summed E-state index contributed by atoms with van der Waals surface area (Å²) in [5, 5.41) is 8.83. The number of aliphatic carboxylic acids is 1. The monoisotopic (exact) mass is 286 g/mol. The second-order valence-corrected chi connectivity index (χ2v) is 5.85. The minimum atomic E-state index is -0.725. The summed E-state index contributed by atoms with van der Waals surface area (Å²) in [4.78, 5) is 10.7. The van der Waals surface area contributed by atoms with Crippen LogP contribution >= 0.6 is 11.8 Å². The third kappa shape index (κ3) is 4.14. The first-order chi connectivity index (χ1) is 9.66. The average Bonchev–Trinajstić information content (AvgIpc) is 2.48. The van der Waals surface area contributed by atoms with Gasteiger partial charge in [-0.15, -0.1) is 0 Å². The Hall–Kier alpha value is -1.74. The number of carboxylic acids is 1. The normalized spacial score (nSPS) is 12.1. The number of hydrogen-bond donors (Lipinski definition) is 1. The van der Waals surface area contributed by atoms with E-state index in [0.29, 0.717) is 5.75 Å². The third-order valence-corrected chi connectivity index (χ3v) is 4.39. The summed E-state index contributed by atoms with van der Waals surface area (Å²) in [5.74, 6) is 0.489. The zero-order chi connectivity index (χ0) is 14.4. The molecule has 2 aromatic carbocycles. The molecule has 0 aliphatic rings. The minimum Gasteiger partial charge on any atom is -0.481 e. The molecular formula is C17H18O2S. The fourth-order valence-corrected chi connectivity index (χ4v) is 2.89. The van der Waals surface area contributed by atoms with Gasteiger partial charge in [0.1, 0.15) is 0 Å². The molecule has 0 bridgehead atoms. The van der Waals surface area contributed by atoms with Crippen LogP contribution in [0.4, 0.5) is 0 Å². The van der Waals surface area contributed by atoms with Crippen LogP contribution in [0, 0.1) is 5.92 Å². The maximum atomic E-state index is 10.7. The third-order valence-electron chi connectivity index (χ3n) is 3.12. The fourth-order valence-electron chi connectivity index (χ4n) is 1.85. The molecule has 0 radical (unpaired) electrons. The molecule has 20 heavy (non-hydrogen) atoms. The van der Waals surface area contributed by atoms with Gasteiger partial charge in [-0.05, 0) is 16.7 Å². The van der Waals surface area contributed by atoms with Gasteiger partial charge in [0.2, 0.25) is 0 Å². The van der Waals surface area contributed by atoms with E-state index in [2.05, 4.69) is 36.4 Å². The molecule has 0 amide bonds. The molecule has 2 nitrogen and oxygen atoms in total. The van der Waals surface area contributed by atoms with Crippen molar-refractivity contribution in [3.63, 3.8) is 0 Å². The Bertz CT molecular complexity index is 549. The zero-order valence-electron chi connectivity index (χ0n) is 11.5. The molecule has 0 aliphatic heterocycles. The Labute approximate surface area is 123 Å². The van der Waals surface area contributed by atoms with Crippen LogP contribution in [-0.2, 0) is 10.5 Å². The lowest BCUT2D eigenvalue weighted by molar-refractivity contribution is -0.140. The van der Waals surface area contributed by atoms with Gasteiger partial charge in [0.15, 0.2) is 0 Å². The summed E-state index contributed by atoms with van der Waals surface area (Å²) >= 11 is 1.66. The van der Waals surface area contributed by atoms with Crippen molar-refractivity contribution in [1.29, 1.82) is 0 Å². The number of thioether (sulfide) groups is 1. The molecule has 1 atom stereocenters. The molecule has 2 rings (SSSR count). The standard InChI is InChI=1S/C17H18O2S/c1-13(17(18)19)11-20-12-14-7-9-16(10-8-14)15-5-3-2-4-6-15/h2-10,13H,11-12H2,1H3,(H,18,19). The number of benzene rings is 2. The zero-order valence-corrected chi connectivity index (χ0v) is 12.3. The summed E-state index contributed by atoms with van der Waals surface area (Å²) in [5.41, 5.74) is 3.65. The van der Waals surface area contributed by atoms with Crippen molar-refractivity contribution in [3.05, 3.63) is 60.2 Å². The smallest absolute Gasteiger partial charge is 0.307 e. The molecule has 0 heterocycles. The van der Waals surface area contributed by atoms with Crippen LogP contribution in [0.3, 0.4) is 0 Å². The van der Waals surface area contributed by atoms with Gasteiger partial charge in [-0.2, -0.15) is 11.8 Å². The van der Waals surface area contributed by atoms with E-state index in [4.69, 9.17) is 5.11 Å². The van der Waals surface area contributed by atoms with E-state index in [1.165, 1.54) is 16.7 Å². The molecule has 0 saturated heterocycles. The largest absolute Gasteiger partial charge is 0.481 e. The molecular weight excluding hydrogens is 268 g/mol. The van der Waals surface area contributed by atoms with Crippen molar-refractivity contribution in [2.45, 2.75) is 12.7 Å². The number of rotatable bonds is 6. The second-order valence-electron chi connectivity index (χ2n) is 4.82. The summed E-state index contributed by atoms with van der Waals surface area (Å²) in [7, 11) is 0. The Balaban J connectivity index is 1.91. The van der Waals surface area contributed by atoms with Gasteiger partial charge < -0.3 is 5.11 Å². The van der Waals surface area contributed by atoms with Crippen molar-refractivity contribution >= 4 is 17.7 Å². The lowest BCUT2D eigenvalue weighted by Gasteiger charge is -2.07. The summed E-state index contributed by atoms with van der Waals surface area (Å²) in [6.07, 6.45) is 0. The topological polar surface area (TPSA) is 37.3 Å². The van der Waals surface area contributed by atoms with E-state index in [0.717, 1.165) is 5.75 Å². The molecule has 3 heteroatoms. The number of carbonyl (C=O) groups is 1. The molecule has 0 fully saturated rings. The van der Waals surface area contributed by atoms with Gasteiger partial charge in [0, 0.05) is 11.5 Å². The highest BCUT2D eigenvalue weighted by Crippen LogP contribution is 2.21. The van der Waals surface area contributed by atoms with Crippen molar-refractivity contribution in [1.82, 2.24) is 0 Å². The quantitative estimate of drug-likeness (QED) is 0.860. The van der Waals surface area contributed by atoms with Gasteiger partial charge in [-0.1, -0.05) is 61.5 Å². The molecule has 2 aromatic rings. The Morgan fingerprint density at radius 3 is 2.25 bits per heavy atom. The Morgan fingerprint density at radius 2 is 1.65 bits per heavy atom. The fraction of sp³-hybridized carbons (Fsp3) is 0.235. The number of hydrogen-bond acceptors (Lipinski definition) is 2. The predicted octanol–water partition coefficient (Wildman–Crippen LogP) is 4.31. The van der Waals surface area contributed by atoms with Gasteiger partial charge in [0.25, 0.3) is 0 Å².